The number of aliphatic hydroxyl groups is 2. The Morgan fingerprint density at radius 2 is 1.93 bits per heavy atom. The van der Waals surface area contributed by atoms with Crippen LogP contribution < -0.4 is 0 Å². The molecule has 1 unspecified atom stereocenters. The molecule has 4 nitrogen and oxygen atoms in total. The highest BCUT2D eigenvalue weighted by molar-refractivity contribution is 5.69. The number of unbranched alkanes of at least 4 members (excludes halogenated alkanes) is 3. The van der Waals surface area contributed by atoms with E-state index >= 15 is 0 Å². The lowest BCUT2D eigenvalue weighted by Crippen LogP contribution is -2.15. The molecule has 90 valence electrons. The van der Waals surface area contributed by atoms with Gasteiger partial charge in [-0.2, -0.15) is 0 Å². The molecule has 2 N–H and O–H groups in total. The van der Waals surface area contributed by atoms with Gasteiger partial charge in [0.15, 0.2) is 0 Å². The SMILES string of the molecule is CCOC(=O)CC(O)CCCCCCO. The predicted molar refractivity (Wildman–Crippen MR) is 57.4 cm³/mol. The first kappa shape index (κ1) is 14.4. The van der Waals surface area contributed by atoms with E-state index < -0.39 is 6.10 Å². The number of esters is 1. The van der Waals surface area contributed by atoms with Crippen molar-refractivity contribution in [3.8, 4) is 0 Å². The molecule has 1 atom stereocenters. The summed E-state index contributed by atoms with van der Waals surface area (Å²) in [5, 5.41) is 18.0. The molecule has 0 aromatic rings. The maximum absolute atomic E-state index is 11.0. The molecule has 0 aliphatic carbocycles. The molecular formula is C11H22O4. The van der Waals surface area contributed by atoms with Gasteiger partial charge in [0, 0.05) is 6.61 Å². The first-order valence-electron chi connectivity index (χ1n) is 5.65. The van der Waals surface area contributed by atoms with Gasteiger partial charge >= 0.3 is 5.97 Å². The van der Waals surface area contributed by atoms with E-state index in [-0.39, 0.29) is 19.0 Å². The fraction of sp³-hybridized carbons (Fsp3) is 0.909. The lowest BCUT2D eigenvalue weighted by Gasteiger charge is -2.09. The highest BCUT2D eigenvalue weighted by Gasteiger charge is 2.10. The summed E-state index contributed by atoms with van der Waals surface area (Å²) in [6.45, 7) is 2.34. The van der Waals surface area contributed by atoms with Crippen molar-refractivity contribution in [1.29, 1.82) is 0 Å². The van der Waals surface area contributed by atoms with Crippen molar-refractivity contribution in [2.75, 3.05) is 13.2 Å². The van der Waals surface area contributed by atoms with Gasteiger partial charge in [0.1, 0.15) is 0 Å². The van der Waals surface area contributed by atoms with E-state index in [2.05, 4.69) is 0 Å². The minimum Gasteiger partial charge on any atom is -0.466 e. The molecule has 0 spiro atoms. The van der Waals surface area contributed by atoms with E-state index in [0.29, 0.717) is 13.0 Å². The normalized spacial score (nSPS) is 12.5. The second kappa shape index (κ2) is 9.93. The van der Waals surface area contributed by atoms with Crippen LogP contribution in [-0.4, -0.2) is 35.5 Å². The van der Waals surface area contributed by atoms with Crippen LogP contribution in [0, 0.1) is 0 Å². The molecule has 0 rings (SSSR count). The van der Waals surface area contributed by atoms with Crippen molar-refractivity contribution in [2.24, 2.45) is 0 Å². The molecule has 0 aromatic carbocycles. The van der Waals surface area contributed by atoms with Crippen LogP contribution >= 0.6 is 0 Å². The standard InChI is InChI=1S/C11H22O4/c1-2-15-11(14)9-10(13)7-5-3-4-6-8-12/h10,12-13H,2-9H2,1H3. The molecule has 0 bridgehead atoms. The van der Waals surface area contributed by atoms with Crippen molar-refractivity contribution < 1.29 is 19.7 Å². The minimum absolute atomic E-state index is 0.0911. The molecule has 0 fully saturated rings. The lowest BCUT2D eigenvalue weighted by atomic mass is 10.1. The second-order valence-corrected chi connectivity index (χ2v) is 3.59. The Morgan fingerprint density at radius 3 is 2.53 bits per heavy atom. The van der Waals surface area contributed by atoms with Crippen LogP contribution in [0.5, 0.6) is 0 Å². The highest BCUT2D eigenvalue weighted by Crippen LogP contribution is 2.08. The molecule has 0 radical (unpaired) electrons. The van der Waals surface area contributed by atoms with Crippen LogP contribution in [0.3, 0.4) is 0 Å². The van der Waals surface area contributed by atoms with Gasteiger partial charge in [-0.1, -0.05) is 19.3 Å². The van der Waals surface area contributed by atoms with E-state index in [0.717, 1.165) is 25.7 Å². The summed E-state index contributed by atoms with van der Waals surface area (Å²) in [6.07, 6.45) is 3.80. The van der Waals surface area contributed by atoms with Crippen molar-refractivity contribution in [3.63, 3.8) is 0 Å². The molecule has 15 heavy (non-hydrogen) atoms. The summed E-state index contributed by atoms with van der Waals surface area (Å²) in [5.41, 5.74) is 0. The Morgan fingerprint density at radius 1 is 1.27 bits per heavy atom. The minimum atomic E-state index is -0.585. The number of aliphatic hydroxyl groups excluding tert-OH is 2. The van der Waals surface area contributed by atoms with Crippen molar-refractivity contribution in [2.45, 2.75) is 51.6 Å². The zero-order chi connectivity index (χ0) is 11.5. The maximum atomic E-state index is 11.0. The third-order valence-electron chi connectivity index (χ3n) is 2.15. The second-order valence-electron chi connectivity index (χ2n) is 3.59. The van der Waals surface area contributed by atoms with Crippen LogP contribution in [0.15, 0.2) is 0 Å². The number of carbonyl (C=O) groups excluding carboxylic acids is 1. The Balaban J connectivity index is 3.32. The van der Waals surface area contributed by atoms with Gasteiger partial charge in [0.25, 0.3) is 0 Å². The third-order valence-corrected chi connectivity index (χ3v) is 2.15. The Bertz CT molecular complexity index is 159. The first-order chi connectivity index (χ1) is 7.20. The van der Waals surface area contributed by atoms with Gasteiger partial charge in [-0.05, 0) is 19.8 Å². The summed E-state index contributed by atoms with van der Waals surface area (Å²) in [6, 6.07) is 0. The average Bonchev–Trinajstić information content (AvgIpc) is 2.17. The Kier molecular flexibility index (Phi) is 9.52. The monoisotopic (exact) mass is 218 g/mol. The number of hydrogen-bond acceptors (Lipinski definition) is 4. The Labute approximate surface area is 91.3 Å². The van der Waals surface area contributed by atoms with Crippen molar-refractivity contribution in [3.05, 3.63) is 0 Å². The third kappa shape index (κ3) is 9.69. The number of hydrogen-bond donors (Lipinski definition) is 2. The largest absolute Gasteiger partial charge is 0.466 e. The number of rotatable bonds is 9. The van der Waals surface area contributed by atoms with E-state index in [9.17, 15) is 9.90 Å². The fourth-order valence-electron chi connectivity index (χ4n) is 1.36. The van der Waals surface area contributed by atoms with E-state index in [1.165, 1.54) is 0 Å². The summed E-state index contributed by atoms with van der Waals surface area (Å²) < 4.78 is 4.73. The van der Waals surface area contributed by atoms with Gasteiger partial charge in [-0.15, -0.1) is 0 Å². The molecule has 0 saturated carbocycles. The maximum Gasteiger partial charge on any atom is 0.308 e. The number of ether oxygens (including phenoxy) is 1. The van der Waals surface area contributed by atoms with Gasteiger partial charge in [0.2, 0.25) is 0 Å². The lowest BCUT2D eigenvalue weighted by molar-refractivity contribution is -0.145. The smallest absolute Gasteiger partial charge is 0.308 e. The van der Waals surface area contributed by atoms with E-state index in [1.54, 1.807) is 6.92 Å². The first-order valence-corrected chi connectivity index (χ1v) is 5.65. The van der Waals surface area contributed by atoms with Gasteiger partial charge in [-0.25, -0.2) is 0 Å². The summed E-state index contributed by atoms with van der Waals surface area (Å²) in [4.78, 5) is 11.0. The fourth-order valence-corrected chi connectivity index (χ4v) is 1.36. The quantitative estimate of drug-likeness (QED) is 0.451. The zero-order valence-corrected chi connectivity index (χ0v) is 9.45. The van der Waals surface area contributed by atoms with Gasteiger partial charge in [0.05, 0.1) is 19.1 Å². The summed E-state index contributed by atoms with van der Waals surface area (Å²) in [5.74, 6) is -0.333. The molecular weight excluding hydrogens is 196 g/mol. The highest BCUT2D eigenvalue weighted by atomic mass is 16.5. The van der Waals surface area contributed by atoms with E-state index in [1.807, 2.05) is 0 Å². The van der Waals surface area contributed by atoms with Gasteiger partial charge in [-0.3, -0.25) is 4.79 Å². The topological polar surface area (TPSA) is 66.8 Å². The van der Waals surface area contributed by atoms with Crippen molar-refractivity contribution in [1.82, 2.24) is 0 Å². The molecule has 0 aromatic heterocycles. The van der Waals surface area contributed by atoms with Crippen LogP contribution in [0.1, 0.15) is 45.4 Å². The van der Waals surface area contributed by atoms with Crippen molar-refractivity contribution >= 4 is 5.97 Å². The molecule has 0 aliphatic rings. The van der Waals surface area contributed by atoms with Crippen LogP contribution in [0.4, 0.5) is 0 Å². The number of carbonyl (C=O) groups is 1. The van der Waals surface area contributed by atoms with Crippen LogP contribution in [0.2, 0.25) is 0 Å². The summed E-state index contributed by atoms with van der Waals surface area (Å²) in [7, 11) is 0. The Hall–Kier alpha value is -0.610. The molecule has 0 amide bonds. The molecule has 4 heteroatoms. The van der Waals surface area contributed by atoms with Crippen LogP contribution in [0.25, 0.3) is 0 Å². The van der Waals surface area contributed by atoms with E-state index in [4.69, 9.17) is 9.84 Å². The van der Waals surface area contributed by atoms with Gasteiger partial charge < -0.3 is 14.9 Å². The summed E-state index contributed by atoms with van der Waals surface area (Å²) >= 11 is 0. The zero-order valence-electron chi connectivity index (χ0n) is 9.45. The predicted octanol–water partition coefficient (Wildman–Crippen LogP) is 1.24. The van der Waals surface area contributed by atoms with Crippen LogP contribution in [-0.2, 0) is 9.53 Å². The molecule has 0 saturated heterocycles. The molecule has 0 aliphatic heterocycles. The molecule has 0 heterocycles. The average molecular weight is 218 g/mol.